The molecule has 0 radical (unpaired) electrons. The number of hydrogen-bond acceptors (Lipinski definition) is 7. The first kappa shape index (κ1) is 45.5. The molecule has 178 valence electrons. The van der Waals surface area contributed by atoms with Gasteiger partial charge in [-0.3, -0.25) is 9.59 Å². The second-order valence-electron chi connectivity index (χ2n) is 4.66. The van der Waals surface area contributed by atoms with Crippen molar-refractivity contribution in [3.63, 3.8) is 0 Å². The number of carboxylic acids is 2. The van der Waals surface area contributed by atoms with Crippen molar-refractivity contribution in [3.8, 4) is 0 Å². The zero-order chi connectivity index (χ0) is 24.2. The highest BCUT2D eigenvalue weighted by molar-refractivity contribution is 5.63. The lowest BCUT2D eigenvalue weighted by atomic mass is 10.5. The normalized spacial score (nSPS) is 7.14. The quantitative estimate of drug-likeness (QED) is 0.351. The molecule has 0 aromatic rings. The van der Waals surface area contributed by atoms with Gasteiger partial charge in [0.1, 0.15) is 0 Å². The molecular weight excluding hydrogens is 372 g/mol. The van der Waals surface area contributed by atoms with Crippen molar-refractivity contribution in [2.45, 2.75) is 80.6 Å². The van der Waals surface area contributed by atoms with Gasteiger partial charge in [-0.25, -0.2) is 0 Å². The number of rotatable bonds is 5. The Morgan fingerprint density at radius 2 is 0.500 bits per heavy atom. The van der Waals surface area contributed by atoms with Gasteiger partial charge >= 0.3 is 0 Å². The van der Waals surface area contributed by atoms with E-state index in [2.05, 4.69) is 0 Å². The van der Waals surface area contributed by atoms with E-state index in [0.717, 1.165) is 46.0 Å². The van der Waals surface area contributed by atoms with Gasteiger partial charge in [0, 0.05) is 46.9 Å². The molecule has 0 aromatic heterocycles. The van der Waals surface area contributed by atoms with Gasteiger partial charge in [-0.2, -0.15) is 0 Å². The predicted octanol–water partition coefficient (Wildman–Crippen LogP) is 2.13. The van der Waals surface area contributed by atoms with Crippen LogP contribution >= 0.6 is 0 Å². The average molecular weight is 421 g/mol. The Morgan fingerprint density at radius 1 is 0.464 bits per heavy atom. The second kappa shape index (κ2) is 72.5. The molecule has 0 aliphatic heterocycles. The fourth-order valence-corrected chi connectivity index (χ4v) is 0. The van der Waals surface area contributed by atoms with E-state index in [0.29, 0.717) is 33.0 Å². The molecule has 0 rings (SSSR count). The zero-order valence-electron chi connectivity index (χ0n) is 19.0. The van der Waals surface area contributed by atoms with Gasteiger partial charge in [-0.05, 0) is 32.1 Å². The minimum Gasteiger partial charge on any atom is -0.481 e. The Bertz CT molecular complexity index is 160. The summed E-state index contributed by atoms with van der Waals surface area (Å²) in [5.41, 5.74) is 0. The number of aliphatic carboxylic acids is 2. The molecule has 0 saturated heterocycles. The van der Waals surface area contributed by atoms with Crippen LogP contribution in [0, 0.1) is 0 Å². The Hall–Kier alpha value is -1.26. The van der Waals surface area contributed by atoms with E-state index < -0.39 is 11.9 Å². The van der Waals surface area contributed by atoms with Gasteiger partial charge in [0.2, 0.25) is 0 Å². The summed E-state index contributed by atoms with van der Waals surface area (Å²) in [6, 6.07) is 0. The molecule has 0 aliphatic carbocycles. The first-order valence-corrected chi connectivity index (χ1v) is 9.47. The minimum absolute atomic E-state index is 0.319. The lowest BCUT2D eigenvalue weighted by Gasteiger charge is -1.69. The van der Waals surface area contributed by atoms with Crippen molar-refractivity contribution < 1.29 is 45.3 Å². The van der Waals surface area contributed by atoms with Crippen molar-refractivity contribution >= 4 is 11.9 Å². The van der Waals surface area contributed by atoms with Crippen molar-refractivity contribution in [3.05, 3.63) is 0 Å². The number of hydrogen-bond donors (Lipinski definition) is 7. The van der Waals surface area contributed by atoms with Crippen LogP contribution in [0.15, 0.2) is 0 Å². The minimum atomic E-state index is -0.833. The van der Waals surface area contributed by atoms with Crippen LogP contribution in [0.5, 0.6) is 0 Å². The largest absolute Gasteiger partial charge is 0.481 e. The van der Waals surface area contributed by atoms with Crippen LogP contribution in [-0.2, 0) is 9.59 Å². The predicted molar refractivity (Wildman–Crippen MR) is 114 cm³/mol. The van der Waals surface area contributed by atoms with Crippen LogP contribution in [0.1, 0.15) is 80.6 Å². The van der Waals surface area contributed by atoms with Gasteiger partial charge in [-0.1, -0.05) is 34.6 Å². The number of aliphatic hydroxyl groups is 5. The Labute approximate surface area is 171 Å². The molecule has 0 atom stereocenters. The second-order valence-corrected chi connectivity index (χ2v) is 4.66. The standard InChI is InChI=1S/5C3H8O.2C2H4O2/c5*1-2-3-4;2*1-2(3)4/h5*4H,2-3H2,1H3;2*1H3,(H,3,4). The third-order valence-corrected chi connectivity index (χ3v) is 1.12. The summed E-state index contributed by atoms with van der Waals surface area (Å²) in [4.78, 5) is 18.0. The number of carboxylic acid groups (broad SMARTS) is 2. The first-order chi connectivity index (χ1) is 13.0. The number of aliphatic hydroxyl groups excluding tert-OH is 5. The molecular formula is C19H48O9. The maximum Gasteiger partial charge on any atom is 0.300 e. The van der Waals surface area contributed by atoms with E-state index in [1.165, 1.54) is 0 Å². The van der Waals surface area contributed by atoms with Crippen LogP contribution in [0.25, 0.3) is 0 Å². The summed E-state index contributed by atoms with van der Waals surface area (Å²) in [7, 11) is 0. The SMILES string of the molecule is CC(=O)O.CC(=O)O.CCCO.CCCO.CCCO.CCCO.CCCO. The summed E-state index contributed by atoms with van der Waals surface area (Å²) in [5, 5.41) is 54.2. The molecule has 9 nitrogen and oxygen atoms in total. The maximum atomic E-state index is 9.00. The van der Waals surface area contributed by atoms with E-state index in [-0.39, 0.29) is 0 Å². The molecule has 0 aromatic carbocycles. The van der Waals surface area contributed by atoms with Gasteiger partial charge in [0.15, 0.2) is 0 Å². The van der Waals surface area contributed by atoms with Crippen molar-refractivity contribution in [2.75, 3.05) is 33.0 Å². The molecule has 0 unspecified atom stereocenters. The third-order valence-electron chi connectivity index (χ3n) is 1.12. The molecule has 0 aliphatic rings. The van der Waals surface area contributed by atoms with Crippen LogP contribution in [0.4, 0.5) is 0 Å². The van der Waals surface area contributed by atoms with E-state index >= 15 is 0 Å². The Balaban J connectivity index is -0.0000000367. The highest BCUT2D eigenvalue weighted by Gasteiger charge is 1.66. The maximum absolute atomic E-state index is 9.00. The molecule has 0 spiro atoms. The lowest BCUT2D eigenvalue weighted by Crippen LogP contribution is -1.78. The van der Waals surface area contributed by atoms with Crippen molar-refractivity contribution in [1.82, 2.24) is 0 Å². The van der Waals surface area contributed by atoms with Gasteiger partial charge in [0.25, 0.3) is 11.9 Å². The van der Waals surface area contributed by atoms with Crippen LogP contribution in [0.2, 0.25) is 0 Å². The van der Waals surface area contributed by atoms with Gasteiger partial charge in [-0.15, -0.1) is 0 Å². The number of carbonyl (C=O) groups is 2. The molecule has 0 bridgehead atoms. The highest BCUT2D eigenvalue weighted by Crippen LogP contribution is 1.62. The topological polar surface area (TPSA) is 176 Å². The summed E-state index contributed by atoms with van der Waals surface area (Å²) in [6.07, 6.45) is 4.38. The lowest BCUT2D eigenvalue weighted by molar-refractivity contribution is -0.135. The average Bonchev–Trinajstić information content (AvgIpc) is 2.67. The fourth-order valence-electron chi connectivity index (χ4n) is 0. The van der Waals surface area contributed by atoms with E-state index in [1.54, 1.807) is 0 Å². The van der Waals surface area contributed by atoms with E-state index in [1.807, 2.05) is 34.6 Å². The molecule has 0 fully saturated rings. The summed E-state index contributed by atoms with van der Waals surface area (Å²) in [6.45, 7) is 13.4. The van der Waals surface area contributed by atoms with Crippen LogP contribution in [0.3, 0.4) is 0 Å². The molecule has 0 amide bonds. The summed E-state index contributed by atoms with van der Waals surface area (Å²) < 4.78 is 0. The smallest absolute Gasteiger partial charge is 0.300 e. The van der Waals surface area contributed by atoms with E-state index in [4.69, 9.17) is 45.3 Å². The summed E-state index contributed by atoms with van der Waals surface area (Å²) >= 11 is 0. The highest BCUT2D eigenvalue weighted by atomic mass is 16.4. The van der Waals surface area contributed by atoms with Crippen molar-refractivity contribution in [2.24, 2.45) is 0 Å². The van der Waals surface area contributed by atoms with Crippen LogP contribution < -0.4 is 0 Å². The first-order valence-electron chi connectivity index (χ1n) is 9.47. The Kier molecular flexibility index (Phi) is 118. The van der Waals surface area contributed by atoms with E-state index in [9.17, 15) is 0 Å². The fraction of sp³-hybridized carbons (Fsp3) is 0.895. The molecule has 0 heterocycles. The third kappa shape index (κ3) is 997. The van der Waals surface area contributed by atoms with Gasteiger partial charge in [0.05, 0.1) is 0 Å². The molecule has 9 heteroatoms. The summed E-state index contributed by atoms with van der Waals surface area (Å²) in [5.74, 6) is -1.67. The molecule has 7 N–H and O–H groups in total. The molecule has 28 heavy (non-hydrogen) atoms. The molecule has 0 saturated carbocycles. The Morgan fingerprint density at radius 3 is 0.500 bits per heavy atom. The monoisotopic (exact) mass is 420 g/mol. The zero-order valence-corrected chi connectivity index (χ0v) is 19.0. The van der Waals surface area contributed by atoms with Gasteiger partial charge < -0.3 is 35.7 Å². The van der Waals surface area contributed by atoms with Crippen molar-refractivity contribution in [1.29, 1.82) is 0 Å². The van der Waals surface area contributed by atoms with Crippen LogP contribution in [-0.4, -0.2) is 80.7 Å².